The van der Waals surface area contributed by atoms with Gasteiger partial charge >= 0.3 is 0 Å². The van der Waals surface area contributed by atoms with E-state index in [-0.39, 0.29) is 0 Å². The van der Waals surface area contributed by atoms with E-state index in [0.29, 0.717) is 11.4 Å². The minimum absolute atomic E-state index is 0.670. The van der Waals surface area contributed by atoms with Gasteiger partial charge in [0.2, 0.25) is 0 Å². The van der Waals surface area contributed by atoms with Crippen molar-refractivity contribution in [2.24, 2.45) is 0 Å². The molecule has 0 aliphatic heterocycles. The monoisotopic (exact) mass is 229 g/mol. The van der Waals surface area contributed by atoms with Crippen molar-refractivity contribution in [1.82, 2.24) is 0 Å². The van der Waals surface area contributed by atoms with Gasteiger partial charge in [-0.2, -0.15) is 0 Å². The van der Waals surface area contributed by atoms with Crippen LogP contribution < -0.4 is 16.9 Å². The number of benzene rings is 2. The molecule has 2 aromatic rings. The second-order valence-corrected chi connectivity index (χ2v) is 3.73. The van der Waals surface area contributed by atoms with E-state index < -0.39 is 0 Å². The first-order valence-corrected chi connectivity index (χ1v) is 5.25. The zero-order chi connectivity index (χ0) is 12.3. The van der Waals surface area contributed by atoms with E-state index in [1.54, 1.807) is 13.2 Å². The Bertz CT molecular complexity index is 509. The quantitative estimate of drug-likeness (QED) is 0.558. The van der Waals surface area contributed by atoms with Crippen LogP contribution in [0.25, 0.3) is 11.1 Å². The Kier molecular flexibility index (Phi) is 3.16. The number of hydrogen-bond donors (Lipinski definition) is 3. The lowest BCUT2D eigenvalue weighted by atomic mass is 10.0. The molecule has 2 rings (SSSR count). The second kappa shape index (κ2) is 4.76. The average molecular weight is 229 g/mol. The summed E-state index contributed by atoms with van der Waals surface area (Å²) in [5.74, 6) is 0. The van der Waals surface area contributed by atoms with Crippen molar-refractivity contribution in [2.45, 2.75) is 0 Å². The summed E-state index contributed by atoms with van der Waals surface area (Å²) in [4.78, 5) is 4.82. The fourth-order valence-corrected chi connectivity index (χ4v) is 1.68. The summed E-state index contributed by atoms with van der Waals surface area (Å²) in [6, 6.07) is 13.3. The Morgan fingerprint density at radius 2 is 1.71 bits per heavy atom. The molecule has 4 heteroatoms. The van der Waals surface area contributed by atoms with E-state index >= 15 is 0 Å². The molecule has 0 saturated heterocycles. The SMILES string of the molecule is CONc1ccc(-c2ccc(N)cc2N)cc1. The molecule has 0 saturated carbocycles. The van der Waals surface area contributed by atoms with Crippen LogP contribution in [0.15, 0.2) is 42.5 Å². The fourth-order valence-electron chi connectivity index (χ4n) is 1.68. The van der Waals surface area contributed by atoms with Gasteiger partial charge in [-0.05, 0) is 29.8 Å². The van der Waals surface area contributed by atoms with E-state index in [1.165, 1.54) is 0 Å². The molecule has 0 aliphatic rings. The van der Waals surface area contributed by atoms with E-state index in [1.807, 2.05) is 36.4 Å². The molecule has 0 heterocycles. The normalized spacial score (nSPS) is 10.2. The molecule has 0 fully saturated rings. The third-order valence-corrected chi connectivity index (χ3v) is 2.49. The van der Waals surface area contributed by atoms with E-state index in [9.17, 15) is 0 Å². The van der Waals surface area contributed by atoms with Gasteiger partial charge in [0.1, 0.15) is 0 Å². The van der Waals surface area contributed by atoms with Gasteiger partial charge in [0.15, 0.2) is 0 Å². The zero-order valence-electron chi connectivity index (χ0n) is 9.60. The number of nitrogen functional groups attached to an aromatic ring is 2. The van der Waals surface area contributed by atoms with Gasteiger partial charge in [-0.1, -0.05) is 18.2 Å². The van der Waals surface area contributed by atoms with Crippen molar-refractivity contribution in [1.29, 1.82) is 0 Å². The highest BCUT2D eigenvalue weighted by molar-refractivity contribution is 5.79. The molecule has 17 heavy (non-hydrogen) atoms. The van der Waals surface area contributed by atoms with Crippen LogP contribution in [-0.4, -0.2) is 7.11 Å². The number of rotatable bonds is 3. The molecule has 0 bridgehead atoms. The first-order valence-electron chi connectivity index (χ1n) is 5.25. The number of nitrogens with one attached hydrogen (secondary N) is 1. The van der Waals surface area contributed by atoms with Crippen molar-refractivity contribution >= 4 is 17.1 Å². The Morgan fingerprint density at radius 3 is 2.29 bits per heavy atom. The molecule has 0 radical (unpaired) electrons. The zero-order valence-corrected chi connectivity index (χ0v) is 9.60. The first-order chi connectivity index (χ1) is 8.20. The van der Waals surface area contributed by atoms with Crippen molar-refractivity contribution in [3.8, 4) is 11.1 Å². The molecule has 2 aromatic carbocycles. The van der Waals surface area contributed by atoms with Crippen LogP contribution in [0.2, 0.25) is 0 Å². The summed E-state index contributed by atoms with van der Waals surface area (Å²) in [6.45, 7) is 0. The lowest BCUT2D eigenvalue weighted by Gasteiger charge is -2.08. The summed E-state index contributed by atoms with van der Waals surface area (Å²) < 4.78 is 0. The Hall–Kier alpha value is -2.20. The minimum Gasteiger partial charge on any atom is -0.399 e. The van der Waals surface area contributed by atoms with Crippen LogP contribution in [-0.2, 0) is 4.84 Å². The predicted octanol–water partition coefficient (Wildman–Crippen LogP) is 2.49. The summed E-state index contributed by atoms with van der Waals surface area (Å²) in [7, 11) is 1.58. The summed E-state index contributed by atoms with van der Waals surface area (Å²) in [5, 5.41) is 0. The van der Waals surface area contributed by atoms with Gasteiger partial charge in [0.05, 0.1) is 12.8 Å². The molecule has 5 N–H and O–H groups in total. The predicted molar refractivity (Wildman–Crippen MR) is 71.3 cm³/mol. The lowest BCUT2D eigenvalue weighted by molar-refractivity contribution is 0.271. The molecule has 0 aromatic heterocycles. The highest BCUT2D eigenvalue weighted by Crippen LogP contribution is 2.28. The number of nitrogens with two attached hydrogens (primary N) is 2. The van der Waals surface area contributed by atoms with E-state index in [2.05, 4.69) is 5.48 Å². The molecular formula is C13H15N3O. The third-order valence-electron chi connectivity index (χ3n) is 2.49. The van der Waals surface area contributed by atoms with Crippen LogP contribution in [0.4, 0.5) is 17.1 Å². The minimum atomic E-state index is 0.670. The summed E-state index contributed by atoms with van der Waals surface area (Å²) >= 11 is 0. The number of anilines is 3. The molecule has 0 amide bonds. The van der Waals surface area contributed by atoms with Gasteiger partial charge < -0.3 is 11.5 Å². The topological polar surface area (TPSA) is 73.3 Å². The Morgan fingerprint density at radius 1 is 1.00 bits per heavy atom. The van der Waals surface area contributed by atoms with E-state index in [0.717, 1.165) is 16.8 Å². The molecule has 0 spiro atoms. The van der Waals surface area contributed by atoms with Crippen LogP contribution in [0.1, 0.15) is 0 Å². The molecule has 0 unspecified atom stereocenters. The van der Waals surface area contributed by atoms with Gasteiger partial charge in [-0.15, -0.1) is 0 Å². The average Bonchev–Trinajstić information content (AvgIpc) is 2.31. The van der Waals surface area contributed by atoms with Crippen molar-refractivity contribution in [3.05, 3.63) is 42.5 Å². The van der Waals surface area contributed by atoms with Crippen LogP contribution >= 0.6 is 0 Å². The van der Waals surface area contributed by atoms with Crippen LogP contribution in [0.5, 0.6) is 0 Å². The third kappa shape index (κ3) is 2.49. The molecule has 0 aliphatic carbocycles. The second-order valence-electron chi connectivity index (χ2n) is 3.73. The largest absolute Gasteiger partial charge is 0.399 e. The lowest BCUT2D eigenvalue weighted by Crippen LogP contribution is -1.95. The highest BCUT2D eigenvalue weighted by Gasteiger charge is 2.02. The Labute approximate surface area is 100 Å². The smallest absolute Gasteiger partial charge is 0.0636 e. The maximum absolute atomic E-state index is 5.93. The summed E-state index contributed by atoms with van der Waals surface area (Å²) in [6.07, 6.45) is 0. The van der Waals surface area contributed by atoms with Gasteiger partial charge in [0, 0.05) is 16.9 Å². The molecule has 4 nitrogen and oxygen atoms in total. The van der Waals surface area contributed by atoms with Gasteiger partial charge in [-0.3, -0.25) is 10.3 Å². The van der Waals surface area contributed by atoms with Gasteiger partial charge in [0.25, 0.3) is 0 Å². The Balaban J connectivity index is 2.33. The van der Waals surface area contributed by atoms with Crippen LogP contribution in [0, 0.1) is 0 Å². The maximum Gasteiger partial charge on any atom is 0.0636 e. The fraction of sp³-hybridized carbons (Fsp3) is 0.0769. The molecule has 0 atom stereocenters. The van der Waals surface area contributed by atoms with Crippen molar-refractivity contribution < 1.29 is 4.84 Å². The standard InChI is InChI=1S/C13H15N3O/c1-17-16-11-5-2-9(3-6-11)12-7-4-10(14)8-13(12)15/h2-8,16H,14-15H2,1H3. The molecule has 88 valence electrons. The van der Waals surface area contributed by atoms with E-state index in [4.69, 9.17) is 16.3 Å². The van der Waals surface area contributed by atoms with Crippen molar-refractivity contribution in [2.75, 3.05) is 24.1 Å². The van der Waals surface area contributed by atoms with Crippen LogP contribution in [0.3, 0.4) is 0 Å². The first kappa shape index (κ1) is 11.3. The number of hydrogen-bond acceptors (Lipinski definition) is 4. The molecular weight excluding hydrogens is 214 g/mol. The maximum atomic E-state index is 5.93. The highest BCUT2D eigenvalue weighted by atomic mass is 16.6. The van der Waals surface area contributed by atoms with Gasteiger partial charge in [-0.25, -0.2) is 0 Å². The summed E-state index contributed by atoms with van der Waals surface area (Å²) in [5.41, 5.74) is 18.6. The van der Waals surface area contributed by atoms with Crippen molar-refractivity contribution in [3.63, 3.8) is 0 Å².